The zero-order chi connectivity index (χ0) is 26.0. The van der Waals surface area contributed by atoms with Crippen LogP contribution in [0.15, 0.2) is 34.5 Å². The van der Waals surface area contributed by atoms with E-state index in [4.69, 9.17) is 42.1 Å². The van der Waals surface area contributed by atoms with Gasteiger partial charge in [0.2, 0.25) is 6.04 Å². The van der Waals surface area contributed by atoms with Crippen molar-refractivity contribution in [3.63, 3.8) is 0 Å². The van der Waals surface area contributed by atoms with E-state index in [1.54, 1.807) is 25.1 Å². The number of Topliss-reactive ketones (excluding diaryl/α,β-unsaturated/α-hetero) is 1. The fraction of sp³-hybridized carbons (Fsp3) is 0.417. The Kier molecular flexibility index (Phi) is 11.1. The number of hydrogen-bond donors (Lipinski definition) is 1. The molecule has 2 aromatic rings. The number of anilines is 1. The molecular formula is C24H29Cl2N3O6. The van der Waals surface area contributed by atoms with E-state index in [2.05, 4.69) is 15.5 Å². The van der Waals surface area contributed by atoms with E-state index in [0.717, 1.165) is 0 Å². The Morgan fingerprint density at radius 1 is 0.886 bits per heavy atom. The van der Waals surface area contributed by atoms with E-state index in [-0.39, 0.29) is 15.7 Å². The molecule has 0 aliphatic carbocycles. The summed E-state index contributed by atoms with van der Waals surface area (Å²) < 4.78 is 22.2. The summed E-state index contributed by atoms with van der Waals surface area (Å²) >= 11 is 12.7. The summed E-state index contributed by atoms with van der Waals surface area (Å²) in [7, 11) is 0. The molecule has 0 fully saturated rings. The number of carbonyl (C=O) groups is 2. The first-order chi connectivity index (χ1) is 16.8. The molecule has 0 aliphatic rings. The Morgan fingerprint density at radius 3 is 2.09 bits per heavy atom. The molecule has 0 saturated carbocycles. The van der Waals surface area contributed by atoms with Crippen molar-refractivity contribution in [1.82, 2.24) is 0 Å². The number of azo groups is 1. The lowest BCUT2D eigenvalue weighted by Gasteiger charge is -2.16. The molecule has 0 bridgehead atoms. The van der Waals surface area contributed by atoms with Crippen LogP contribution >= 0.6 is 23.2 Å². The van der Waals surface area contributed by atoms with Gasteiger partial charge < -0.3 is 24.3 Å². The minimum Gasteiger partial charge on any atom is -0.490 e. The van der Waals surface area contributed by atoms with E-state index in [1.165, 1.54) is 13.0 Å². The molecule has 1 atom stereocenters. The number of ketones is 1. The van der Waals surface area contributed by atoms with Crippen LogP contribution in [-0.4, -0.2) is 44.2 Å². The molecule has 11 heteroatoms. The van der Waals surface area contributed by atoms with Gasteiger partial charge in [-0.25, -0.2) is 0 Å². The molecule has 1 N–H and O–H groups in total. The SMILES string of the molecule is CCOc1cc(N=NC(C(C)=O)C(=O)Nc2ccc(OCC)c(OCC)c2Cl)cc(Cl)c1OCC. The summed E-state index contributed by atoms with van der Waals surface area (Å²) in [6, 6.07) is 4.83. The standard InChI is InChI=1S/C24H29Cl2N3O6/c1-6-32-18-11-10-17(20(26)23(18)35-9-4)27-24(31)21(14(5)30)29-28-15-12-16(25)22(34-8-3)19(13-15)33-7-2/h10-13,21H,6-9H2,1-5H3,(H,27,31). The second kappa shape index (κ2) is 13.7. The zero-order valence-electron chi connectivity index (χ0n) is 20.3. The summed E-state index contributed by atoms with van der Waals surface area (Å²) in [6.07, 6.45) is 0. The van der Waals surface area contributed by atoms with Crippen LogP contribution in [0.1, 0.15) is 34.6 Å². The monoisotopic (exact) mass is 525 g/mol. The highest BCUT2D eigenvalue weighted by atomic mass is 35.5. The summed E-state index contributed by atoms with van der Waals surface area (Å²) in [4.78, 5) is 25.1. The fourth-order valence-electron chi connectivity index (χ4n) is 2.99. The number of benzene rings is 2. The first-order valence-electron chi connectivity index (χ1n) is 11.2. The largest absolute Gasteiger partial charge is 0.490 e. The molecule has 0 aromatic heterocycles. The van der Waals surface area contributed by atoms with Crippen LogP contribution in [0, 0.1) is 0 Å². The van der Waals surface area contributed by atoms with Gasteiger partial charge in [-0.3, -0.25) is 9.59 Å². The number of rotatable bonds is 13. The molecule has 9 nitrogen and oxygen atoms in total. The van der Waals surface area contributed by atoms with Crippen LogP contribution in [0.3, 0.4) is 0 Å². The molecular weight excluding hydrogens is 497 g/mol. The molecule has 0 radical (unpaired) electrons. The van der Waals surface area contributed by atoms with Gasteiger partial charge >= 0.3 is 0 Å². The highest BCUT2D eigenvalue weighted by Crippen LogP contribution is 2.41. The van der Waals surface area contributed by atoms with Gasteiger partial charge in [0.1, 0.15) is 5.02 Å². The van der Waals surface area contributed by atoms with Crippen LogP contribution in [0.25, 0.3) is 0 Å². The summed E-state index contributed by atoms with van der Waals surface area (Å²) in [5, 5.41) is 11.0. The molecule has 190 valence electrons. The highest BCUT2D eigenvalue weighted by molar-refractivity contribution is 6.35. The maximum absolute atomic E-state index is 12.9. The lowest BCUT2D eigenvalue weighted by atomic mass is 10.2. The molecule has 35 heavy (non-hydrogen) atoms. The van der Waals surface area contributed by atoms with E-state index >= 15 is 0 Å². The van der Waals surface area contributed by atoms with E-state index in [1.807, 2.05) is 20.8 Å². The van der Waals surface area contributed by atoms with Gasteiger partial charge in [-0.2, -0.15) is 10.2 Å². The third kappa shape index (κ3) is 7.47. The second-order valence-electron chi connectivity index (χ2n) is 6.96. The maximum atomic E-state index is 12.9. The van der Waals surface area contributed by atoms with Crippen LogP contribution in [-0.2, 0) is 9.59 Å². The zero-order valence-corrected chi connectivity index (χ0v) is 21.8. The number of amides is 1. The molecule has 1 unspecified atom stereocenters. The molecule has 1 amide bonds. The molecule has 2 rings (SSSR count). The van der Waals surface area contributed by atoms with E-state index < -0.39 is 17.7 Å². The average molecular weight is 526 g/mol. The van der Waals surface area contributed by atoms with Gasteiger partial charge in [0.25, 0.3) is 5.91 Å². The summed E-state index contributed by atoms with van der Waals surface area (Å²) in [5.74, 6) is 0.271. The van der Waals surface area contributed by atoms with E-state index in [9.17, 15) is 9.59 Å². The Balaban J connectivity index is 2.32. The van der Waals surface area contributed by atoms with Gasteiger partial charge in [0, 0.05) is 6.07 Å². The van der Waals surface area contributed by atoms with Crippen molar-refractivity contribution in [2.45, 2.75) is 40.7 Å². The van der Waals surface area contributed by atoms with Crippen molar-refractivity contribution < 1.29 is 28.5 Å². The molecule has 0 spiro atoms. The van der Waals surface area contributed by atoms with Crippen molar-refractivity contribution in [3.05, 3.63) is 34.3 Å². The first-order valence-corrected chi connectivity index (χ1v) is 11.9. The Bertz CT molecular complexity index is 1080. The van der Waals surface area contributed by atoms with Gasteiger partial charge in [-0.15, -0.1) is 0 Å². The van der Waals surface area contributed by atoms with Gasteiger partial charge in [-0.1, -0.05) is 23.2 Å². The Labute approximate surface area is 214 Å². The summed E-state index contributed by atoms with van der Waals surface area (Å²) in [6.45, 7) is 10.0. The van der Waals surface area contributed by atoms with Gasteiger partial charge in [0.05, 0.1) is 42.8 Å². The number of hydrogen-bond acceptors (Lipinski definition) is 8. The van der Waals surface area contributed by atoms with Crippen molar-refractivity contribution in [2.24, 2.45) is 10.2 Å². The average Bonchev–Trinajstić information content (AvgIpc) is 2.80. The summed E-state index contributed by atoms with van der Waals surface area (Å²) in [5.41, 5.74) is 0.534. The predicted molar refractivity (Wildman–Crippen MR) is 135 cm³/mol. The molecule has 0 saturated heterocycles. The molecule has 2 aromatic carbocycles. The lowest BCUT2D eigenvalue weighted by molar-refractivity contribution is -0.126. The van der Waals surface area contributed by atoms with Crippen molar-refractivity contribution in [1.29, 1.82) is 0 Å². The topological polar surface area (TPSA) is 108 Å². The predicted octanol–water partition coefficient (Wildman–Crippen LogP) is 6.27. The van der Waals surface area contributed by atoms with Crippen LogP contribution in [0.5, 0.6) is 23.0 Å². The van der Waals surface area contributed by atoms with Crippen molar-refractivity contribution in [2.75, 3.05) is 31.7 Å². The smallest absolute Gasteiger partial charge is 0.258 e. The van der Waals surface area contributed by atoms with Gasteiger partial charge in [0.15, 0.2) is 28.8 Å². The first kappa shape index (κ1) is 28.2. The van der Waals surface area contributed by atoms with Crippen molar-refractivity contribution >= 4 is 46.3 Å². The number of ether oxygens (including phenoxy) is 4. The second-order valence-corrected chi connectivity index (χ2v) is 7.74. The van der Waals surface area contributed by atoms with Crippen LogP contribution in [0.2, 0.25) is 10.0 Å². The number of carbonyl (C=O) groups excluding carboxylic acids is 2. The highest BCUT2D eigenvalue weighted by Gasteiger charge is 2.25. The van der Waals surface area contributed by atoms with E-state index in [0.29, 0.717) is 55.1 Å². The Hall–Kier alpha value is -3.04. The maximum Gasteiger partial charge on any atom is 0.258 e. The quantitative estimate of drug-likeness (QED) is 0.244. The van der Waals surface area contributed by atoms with Gasteiger partial charge in [-0.05, 0) is 52.8 Å². The minimum absolute atomic E-state index is 0.144. The fourth-order valence-corrected chi connectivity index (χ4v) is 3.50. The Morgan fingerprint density at radius 2 is 1.49 bits per heavy atom. The number of nitrogens with zero attached hydrogens (tertiary/aromatic N) is 2. The molecule has 0 heterocycles. The number of nitrogens with one attached hydrogen (secondary N) is 1. The lowest BCUT2D eigenvalue weighted by Crippen LogP contribution is -2.32. The van der Waals surface area contributed by atoms with Crippen molar-refractivity contribution in [3.8, 4) is 23.0 Å². The third-order valence-electron chi connectivity index (χ3n) is 4.41. The molecule has 0 aliphatic heterocycles. The van der Waals surface area contributed by atoms with Crippen LogP contribution in [0.4, 0.5) is 11.4 Å². The van der Waals surface area contributed by atoms with Crippen LogP contribution < -0.4 is 24.3 Å². The number of halogens is 2. The normalized spacial score (nSPS) is 11.7. The minimum atomic E-state index is -1.42. The third-order valence-corrected chi connectivity index (χ3v) is 5.07.